The molecule has 28 heavy (non-hydrogen) atoms. The van der Waals surface area contributed by atoms with E-state index in [1.807, 2.05) is 12.1 Å². The van der Waals surface area contributed by atoms with Crippen LogP contribution in [0, 0.1) is 5.82 Å². The van der Waals surface area contributed by atoms with Gasteiger partial charge in [-0.1, -0.05) is 15.9 Å². The van der Waals surface area contributed by atoms with Crippen LogP contribution in [0.4, 0.5) is 10.1 Å². The van der Waals surface area contributed by atoms with Gasteiger partial charge < -0.3 is 14.8 Å². The highest BCUT2D eigenvalue weighted by Crippen LogP contribution is 2.26. The maximum Gasteiger partial charge on any atom is 0.358 e. The van der Waals surface area contributed by atoms with E-state index in [4.69, 9.17) is 9.47 Å². The lowest BCUT2D eigenvalue weighted by Gasteiger charge is -2.07. The second-order valence-electron chi connectivity index (χ2n) is 5.51. The van der Waals surface area contributed by atoms with E-state index in [-0.39, 0.29) is 11.4 Å². The van der Waals surface area contributed by atoms with Gasteiger partial charge in [0.15, 0.2) is 12.3 Å². The number of ether oxygens (including phenoxy) is 2. The zero-order valence-electron chi connectivity index (χ0n) is 14.6. The molecular weight excluding hydrogens is 451 g/mol. The molecule has 0 aliphatic heterocycles. The fourth-order valence-electron chi connectivity index (χ4n) is 2.22. The van der Waals surface area contributed by atoms with Crippen molar-refractivity contribution >= 4 is 44.8 Å². The summed E-state index contributed by atoms with van der Waals surface area (Å²) in [5.41, 5.74) is 0.923. The maximum absolute atomic E-state index is 13.7. The largest absolute Gasteiger partial charge is 0.497 e. The fourth-order valence-corrected chi connectivity index (χ4v) is 3.34. The molecule has 144 valence electrons. The molecule has 6 nitrogen and oxygen atoms in total. The maximum atomic E-state index is 13.7. The van der Waals surface area contributed by atoms with Crippen molar-refractivity contribution in [2.75, 3.05) is 19.0 Å². The molecule has 1 aromatic heterocycles. The van der Waals surface area contributed by atoms with Crippen molar-refractivity contribution in [3.63, 3.8) is 0 Å². The second-order valence-corrected chi connectivity index (χ2v) is 7.29. The zero-order chi connectivity index (χ0) is 20.1. The van der Waals surface area contributed by atoms with Crippen molar-refractivity contribution < 1.29 is 23.5 Å². The standard InChI is InChI=1S/C19H14BrFN2O4S/c1-26-13-5-2-11(3-6-13)18-23-16(10-28-18)19(25)27-9-17(24)22-15-7-4-12(20)8-14(15)21/h2-8,10H,9H2,1H3,(H,22,24). The number of thiazole rings is 1. The minimum absolute atomic E-state index is 0.000278. The molecule has 0 bridgehead atoms. The number of esters is 1. The van der Waals surface area contributed by atoms with E-state index in [0.29, 0.717) is 15.2 Å². The first-order chi connectivity index (χ1) is 13.5. The Morgan fingerprint density at radius 2 is 1.96 bits per heavy atom. The summed E-state index contributed by atoms with van der Waals surface area (Å²) in [6.07, 6.45) is 0. The monoisotopic (exact) mass is 464 g/mol. The summed E-state index contributed by atoms with van der Waals surface area (Å²) in [7, 11) is 1.58. The summed E-state index contributed by atoms with van der Waals surface area (Å²) in [6.45, 7) is -0.552. The van der Waals surface area contributed by atoms with Crippen LogP contribution in [0.5, 0.6) is 5.75 Å². The molecule has 1 N–H and O–H groups in total. The molecule has 3 aromatic rings. The number of halogens is 2. The minimum Gasteiger partial charge on any atom is -0.497 e. The van der Waals surface area contributed by atoms with Gasteiger partial charge in [-0.3, -0.25) is 4.79 Å². The molecule has 0 spiro atoms. The number of nitrogens with one attached hydrogen (secondary N) is 1. The molecule has 9 heteroatoms. The first kappa shape index (κ1) is 20.0. The third kappa shape index (κ3) is 4.93. The number of aromatic nitrogens is 1. The number of hydrogen-bond acceptors (Lipinski definition) is 6. The van der Waals surface area contributed by atoms with Gasteiger partial charge in [-0.15, -0.1) is 11.3 Å². The molecule has 0 fully saturated rings. The van der Waals surface area contributed by atoms with Gasteiger partial charge in [-0.05, 0) is 42.5 Å². The Labute approximate surface area is 172 Å². The van der Waals surface area contributed by atoms with E-state index in [2.05, 4.69) is 26.2 Å². The summed E-state index contributed by atoms with van der Waals surface area (Å²) >= 11 is 4.41. The molecule has 1 heterocycles. The number of rotatable bonds is 6. The van der Waals surface area contributed by atoms with Crippen molar-refractivity contribution in [3.8, 4) is 16.3 Å². The van der Waals surface area contributed by atoms with Gasteiger partial charge >= 0.3 is 5.97 Å². The Hall–Kier alpha value is -2.78. The van der Waals surface area contributed by atoms with Crippen molar-refractivity contribution in [1.29, 1.82) is 0 Å². The Morgan fingerprint density at radius 1 is 1.21 bits per heavy atom. The highest BCUT2D eigenvalue weighted by atomic mass is 79.9. The third-order valence-electron chi connectivity index (χ3n) is 3.59. The van der Waals surface area contributed by atoms with Crippen LogP contribution in [-0.2, 0) is 9.53 Å². The number of carbonyl (C=O) groups is 2. The number of anilines is 1. The Morgan fingerprint density at radius 3 is 2.64 bits per heavy atom. The quantitative estimate of drug-likeness (QED) is 0.542. The highest BCUT2D eigenvalue weighted by Gasteiger charge is 2.16. The summed E-state index contributed by atoms with van der Waals surface area (Å²) in [5.74, 6) is -1.27. The molecule has 0 aliphatic rings. The van der Waals surface area contributed by atoms with Crippen LogP contribution < -0.4 is 10.1 Å². The van der Waals surface area contributed by atoms with E-state index < -0.39 is 24.3 Å². The van der Waals surface area contributed by atoms with Gasteiger partial charge in [-0.2, -0.15) is 0 Å². The molecule has 3 rings (SSSR count). The zero-order valence-corrected chi connectivity index (χ0v) is 17.0. The SMILES string of the molecule is COc1ccc(-c2nc(C(=O)OCC(=O)Nc3ccc(Br)cc3F)cs2)cc1. The van der Waals surface area contributed by atoms with Gasteiger partial charge in [0, 0.05) is 15.4 Å². The van der Waals surface area contributed by atoms with Crippen LogP contribution in [-0.4, -0.2) is 30.6 Å². The summed E-state index contributed by atoms with van der Waals surface area (Å²) in [5, 5.41) is 4.53. The van der Waals surface area contributed by atoms with Crippen LogP contribution in [0.15, 0.2) is 52.3 Å². The van der Waals surface area contributed by atoms with Crippen LogP contribution >= 0.6 is 27.3 Å². The average Bonchev–Trinajstić information content (AvgIpc) is 3.19. The van der Waals surface area contributed by atoms with Crippen molar-refractivity contribution in [1.82, 2.24) is 4.98 Å². The topological polar surface area (TPSA) is 77.5 Å². The van der Waals surface area contributed by atoms with Crippen LogP contribution in [0.2, 0.25) is 0 Å². The Bertz CT molecular complexity index is 1010. The normalized spacial score (nSPS) is 10.4. The van der Waals surface area contributed by atoms with Gasteiger partial charge in [0.25, 0.3) is 5.91 Å². The summed E-state index contributed by atoms with van der Waals surface area (Å²) < 4.78 is 24.3. The predicted octanol–water partition coefficient (Wildman–Crippen LogP) is 4.52. The van der Waals surface area contributed by atoms with Crippen molar-refractivity contribution in [2.24, 2.45) is 0 Å². The number of benzene rings is 2. The molecule has 0 atom stereocenters. The Kier molecular flexibility index (Phi) is 6.37. The van der Waals surface area contributed by atoms with E-state index >= 15 is 0 Å². The first-order valence-corrected chi connectivity index (χ1v) is 9.65. The molecule has 0 saturated carbocycles. The van der Waals surface area contributed by atoms with E-state index in [9.17, 15) is 14.0 Å². The number of amides is 1. The van der Waals surface area contributed by atoms with Gasteiger partial charge in [0.2, 0.25) is 0 Å². The third-order valence-corrected chi connectivity index (χ3v) is 4.97. The lowest BCUT2D eigenvalue weighted by Crippen LogP contribution is -2.21. The second kappa shape index (κ2) is 8.94. The highest BCUT2D eigenvalue weighted by molar-refractivity contribution is 9.10. The number of nitrogens with zero attached hydrogens (tertiary/aromatic N) is 1. The predicted molar refractivity (Wildman–Crippen MR) is 107 cm³/mol. The van der Waals surface area contributed by atoms with E-state index in [1.165, 1.54) is 23.5 Å². The lowest BCUT2D eigenvalue weighted by atomic mass is 10.2. The minimum atomic E-state index is -0.734. The number of methoxy groups -OCH3 is 1. The summed E-state index contributed by atoms with van der Waals surface area (Å²) in [4.78, 5) is 28.2. The van der Waals surface area contributed by atoms with Crippen LogP contribution in [0.3, 0.4) is 0 Å². The van der Waals surface area contributed by atoms with Crippen molar-refractivity contribution in [2.45, 2.75) is 0 Å². The smallest absolute Gasteiger partial charge is 0.358 e. The molecule has 0 aliphatic carbocycles. The van der Waals surface area contributed by atoms with Gasteiger partial charge in [0.05, 0.1) is 12.8 Å². The first-order valence-electron chi connectivity index (χ1n) is 7.98. The molecule has 2 aromatic carbocycles. The van der Waals surface area contributed by atoms with Crippen molar-refractivity contribution in [3.05, 3.63) is 63.8 Å². The number of hydrogen-bond donors (Lipinski definition) is 1. The lowest BCUT2D eigenvalue weighted by molar-refractivity contribution is -0.119. The van der Waals surface area contributed by atoms with E-state index in [0.717, 1.165) is 5.56 Å². The fraction of sp³-hybridized carbons (Fsp3) is 0.105. The Balaban J connectivity index is 1.57. The molecular formula is C19H14BrFN2O4S. The molecule has 0 unspecified atom stereocenters. The summed E-state index contributed by atoms with van der Waals surface area (Å²) in [6, 6.07) is 11.4. The molecule has 1 amide bonds. The van der Waals surface area contributed by atoms with Crippen LogP contribution in [0.25, 0.3) is 10.6 Å². The van der Waals surface area contributed by atoms with E-state index in [1.54, 1.807) is 30.7 Å². The average molecular weight is 465 g/mol. The van der Waals surface area contributed by atoms with Gasteiger partial charge in [0.1, 0.15) is 16.6 Å². The van der Waals surface area contributed by atoms with Crippen LogP contribution in [0.1, 0.15) is 10.5 Å². The molecule has 0 saturated heterocycles. The van der Waals surface area contributed by atoms with Gasteiger partial charge in [-0.25, -0.2) is 14.2 Å². The number of carbonyl (C=O) groups excluding carboxylic acids is 2. The molecule has 0 radical (unpaired) electrons.